The molecule has 1 aromatic heterocycles. The van der Waals surface area contributed by atoms with E-state index in [9.17, 15) is 4.79 Å². The van der Waals surface area contributed by atoms with Gasteiger partial charge < -0.3 is 10.6 Å². The van der Waals surface area contributed by atoms with E-state index in [0.29, 0.717) is 6.54 Å². The number of aromatic nitrogens is 2. The Morgan fingerprint density at radius 1 is 1.33 bits per heavy atom. The van der Waals surface area contributed by atoms with E-state index in [-0.39, 0.29) is 30.7 Å². The Morgan fingerprint density at radius 3 is 2.48 bits per heavy atom. The molecule has 2 N–H and O–H groups in total. The lowest BCUT2D eigenvalue weighted by Crippen LogP contribution is -2.35. The van der Waals surface area contributed by atoms with Crippen LogP contribution < -0.4 is 5.73 Å². The van der Waals surface area contributed by atoms with Crippen LogP contribution in [0.4, 0.5) is 0 Å². The molecule has 21 heavy (non-hydrogen) atoms. The van der Waals surface area contributed by atoms with Gasteiger partial charge in [0.15, 0.2) is 0 Å². The molecule has 0 aliphatic heterocycles. The lowest BCUT2D eigenvalue weighted by molar-refractivity contribution is -0.131. The van der Waals surface area contributed by atoms with E-state index in [2.05, 4.69) is 5.10 Å². The van der Waals surface area contributed by atoms with Gasteiger partial charge >= 0.3 is 0 Å². The van der Waals surface area contributed by atoms with E-state index >= 15 is 0 Å². The lowest BCUT2D eigenvalue weighted by atomic mass is 10.1. The number of carbonyl (C=O) groups excluding carboxylic acids is 1. The summed E-state index contributed by atoms with van der Waals surface area (Å²) in [6.45, 7) is 0.507. The van der Waals surface area contributed by atoms with Crippen LogP contribution in [0.2, 0.25) is 0 Å². The van der Waals surface area contributed by atoms with Crippen molar-refractivity contribution in [1.29, 1.82) is 0 Å². The van der Waals surface area contributed by atoms with Gasteiger partial charge in [0, 0.05) is 32.4 Å². The van der Waals surface area contributed by atoms with E-state index in [0.717, 1.165) is 11.1 Å². The molecule has 1 atom stereocenters. The van der Waals surface area contributed by atoms with Gasteiger partial charge in [-0.1, -0.05) is 30.3 Å². The highest BCUT2D eigenvalue weighted by molar-refractivity contribution is 5.85. The van der Waals surface area contributed by atoms with Crippen molar-refractivity contribution in [2.24, 2.45) is 12.8 Å². The van der Waals surface area contributed by atoms with Gasteiger partial charge in [0.05, 0.1) is 6.20 Å². The van der Waals surface area contributed by atoms with Crippen molar-refractivity contribution in [2.75, 3.05) is 7.05 Å². The van der Waals surface area contributed by atoms with Crippen molar-refractivity contribution in [1.82, 2.24) is 14.7 Å². The Hall–Kier alpha value is -1.56. The third-order valence-electron chi connectivity index (χ3n) is 2.98. The first-order chi connectivity index (χ1) is 9.08. The van der Waals surface area contributed by atoms with Gasteiger partial charge in [-0.05, 0) is 5.56 Å². The van der Waals surface area contributed by atoms with Gasteiger partial charge in [-0.2, -0.15) is 5.10 Å². The molecule has 5 nitrogen and oxygen atoms in total. The highest BCUT2D eigenvalue weighted by atomic mass is 35.5. The summed E-state index contributed by atoms with van der Waals surface area (Å²) in [4.78, 5) is 13.8. The van der Waals surface area contributed by atoms with Gasteiger partial charge in [-0.15, -0.1) is 24.8 Å². The van der Waals surface area contributed by atoms with Gasteiger partial charge in [0.1, 0.15) is 6.04 Å². The van der Waals surface area contributed by atoms with Gasteiger partial charge in [-0.3, -0.25) is 9.48 Å². The zero-order valence-corrected chi connectivity index (χ0v) is 13.6. The molecular formula is C14H20Cl2N4O. The van der Waals surface area contributed by atoms with E-state index < -0.39 is 6.04 Å². The average molecular weight is 331 g/mol. The maximum Gasteiger partial charge on any atom is 0.244 e. The zero-order chi connectivity index (χ0) is 13.8. The summed E-state index contributed by atoms with van der Waals surface area (Å²) in [7, 11) is 3.60. The van der Waals surface area contributed by atoms with Gasteiger partial charge in [0.25, 0.3) is 0 Å². The van der Waals surface area contributed by atoms with Crippen molar-refractivity contribution in [3.05, 3.63) is 53.9 Å². The van der Waals surface area contributed by atoms with Crippen molar-refractivity contribution >= 4 is 30.7 Å². The van der Waals surface area contributed by atoms with Crippen LogP contribution >= 0.6 is 24.8 Å². The molecule has 7 heteroatoms. The van der Waals surface area contributed by atoms with Crippen LogP contribution in [0.3, 0.4) is 0 Å². The molecule has 0 saturated heterocycles. The molecule has 0 fully saturated rings. The maximum absolute atomic E-state index is 12.2. The van der Waals surface area contributed by atoms with Crippen molar-refractivity contribution in [3.8, 4) is 0 Å². The van der Waals surface area contributed by atoms with Crippen LogP contribution in [-0.4, -0.2) is 27.6 Å². The highest BCUT2D eigenvalue weighted by Gasteiger charge is 2.19. The van der Waals surface area contributed by atoms with Crippen LogP contribution in [0.25, 0.3) is 0 Å². The number of aryl methyl sites for hydroxylation is 1. The van der Waals surface area contributed by atoms with Gasteiger partial charge in [-0.25, -0.2) is 0 Å². The Bertz CT molecular complexity index is 559. The molecule has 2 aromatic rings. The van der Waals surface area contributed by atoms with Crippen LogP contribution in [0.15, 0.2) is 42.7 Å². The fourth-order valence-electron chi connectivity index (χ4n) is 1.95. The largest absolute Gasteiger partial charge is 0.340 e. The fraction of sp³-hybridized carbons (Fsp3) is 0.286. The van der Waals surface area contributed by atoms with Crippen LogP contribution in [0, 0.1) is 0 Å². The number of hydrogen-bond donors (Lipinski definition) is 1. The third kappa shape index (κ3) is 5.04. The highest BCUT2D eigenvalue weighted by Crippen LogP contribution is 2.13. The van der Waals surface area contributed by atoms with Gasteiger partial charge in [0.2, 0.25) is 5.91 Å². The second-order valence-corrected chi connectivity index (χ2v) is 4.60. The Labute approximate surface area is 136 Å². The van der Waals surface area contributed by atoms with Crippen molar-refractivity contribution in [3.63, 3.8) is 0 Å². The molecule has 0 spiro atoms. The molecule has 0 bridgehead atoms. The number of carbonyl (C=O) groups is 1. The first-order valence-electron chi connectivity index (χ1n) is 6.11. The SMILES string of the molecule is CN(Cc1cnn(C)c1)C(=O)C(N)c1ccccc1.Cl.Cl. The maximum atomic E-state index is 12.2. The minimum atomic E-state index is -0.622. The number of likely N-dealkylation sites (N-methyl/N-ethyl adjacent to an activating group) is 1. The third-order valence-corrected chi connectivity index (χ3v) is 2.98. The van der Waals surface area contributed by atoms with Crippen molar-refractivity contribution < 1.29 is 4.79 Å². The normalized spacial score (nSPS) is 11.0. The van der Waals surface area contributed by atoms with E-state index in [1.807, 2.05) is 43.6 Å². The summed E-state index contributed by atoms with van der Waals surface area (Å²) in [5, 5.41) is 4.08. The monoisotopic (exact) mass is 330 g/mol. The molecule has 0 saturated carbocycles. The summed E-state index contributed by atoms with van der Waals surface area (Å²) < 4.78 is 1.71. The molecule has 1 aromatic carbocycles. The summed E-state index contributed by atoms with van der Waals surface area (Å²) in [6.07, 6.45) is 3.63. The molecule has 1 heterocycles. The number of amides is 1. The molecular weight excluding hydrogens is 311 g/mol. The first kappa shape index (κ1) is 19.4. The molecule has 1 unspecified atom stereocenters. The lowest BCUT2D eigenvalue weighted by Gasteiger charge is -2.21. The quantitative estimate of drug-likeness (QED) is 0.931. The number of rotatable bonds is 4. The molecule has 116 valence electrons. The number of hydrogen-bond acceptors (Lipinski definition) is 3. The Kier molecular flexibility index (Phi) is 8.02. The second-order valence-electron chi connectivity index (χ2n) is 4.60. The topological polar surface area (TPSA) is 64.2 Å². The summed E-state index contributed by atoms with van der Waals surface area (Å²) >= 11 is 0. The van der Waals surface area contributed by atoms with E-state index in [4.69, 9.17) is 5.73 Å². The molecule has 0 aliphatic rings. The van der Waals surface area contributed by atoms with Crippen molar-refractivity contribution in [2.45, 2.75) is 12.6 Å². The molecule has 0 aliphatic carbocycles. The Balaban J connectivity index is 0.00000200. The zero-order valence-electron chi connectivity index (χ0n) is 12.0. The predicted molar refractivity (Wildman–Crippen MR) is 87.5 cm³/mol. The molecule has 2 rings (SSSR count). The summed E-state index contributed by atoms with van der Waals surface area (Å²) in [6, 6.07) is 8.76. The first-order valence-corrected chi connectivity index (χ1v) is 6.11. The van der Waals surface area contributed by atoms with E-state index in [1.165, 1.54) is 0 Å². The summed E-state index contributed by atoms with van der Waals surface area (Å²) in [5.74, 6) is -0.102. The smallest absolute Gasteiger partial charge is 0.244 e. The fourth-order valence-corrected chi connectivity index (χ4v) is 1.95. The predicted octanol–water partition coefficient (Wildman–Crippen LogP) is 1.92. The number of nitrogens with two attached hydrogens (primary N) is 1. The van der Waals surface area contributed by atoms with E-state index in [1.54, 1.807) is 22.8 Å². The minimum Gasteiger partial charge on any atom is -0.340 e. The number of halogens is 2. The average Bonchev–Trinajstić information content (AvgIpc) is 2.83. The van der Waals surface area contributed by atoms with Crippen LogP contribution in [0.5, 0.6) is 0 Å². The number of nitrogens with zero attached hydrogens (tertiary/aromatic N) is 3. The van der Waals surface area contributed by atoms with Crippen LogP contribution in [-0.2, 0) is 18.4 Å². The number of benzene rings is 1. The Morgan fingerprint density at radius 2 is 1.95 bits per heavy atom. The second kappa shape index (κ2) is 8.67. The standard InChI is InChI=1S/C14H18N4O.2ClH/c1-17(9-11-8-16-18(2)10-11)14(19)13(15)12-6-4-3-5-7-12;;/h3-8,10,13H,9,15H2,1-2H3;2*1H. The van der Waals surface area contributed by atoms with Crippen LogP contribution in [0.1, 0.15) is 17.2 Å². The molecule has 0 radical (unpaired) electrons. The minimum absolute atomic E-state index is 0. The summed E-state index contributed by atoms with van der Waals surface area (Å²) in [5.41, 5.74) is 7.80. The molecule has 1 amide bonds.